The topological polar surface area (TPSA) is 108 Å². The number of hydrogen-bond donors (Lipinski definition) is 1. The molecule has 0 bridgehead atoms. The number of allylic oxidation sites excluding steroid dienone is 10. The molecule has 0 fully saturated rings. The van der Waals surface area contributed by atoms with Gasteiger partial charge in [-0.25, -0.2) is 4.57 Å². The van der Waals surface area contributed by atoms with Crippen molar-refractivity contribution in [3.63, 3.8) is 0 Å². The van der Waals surface area contributed by atoms with Crippen LogP contribution in [0, 0.1) is 0 Å². The summed E-state index contributed by atoms with van der Waals surface area (Å²) in [6.45, 7) is 4.28. The van der Waals surface area contributed by atoms with Crippen molar-refractivity contribution in [2.45, 2.75) is 200 Å². The summed E-state index contributed by atoms with van der Waals surface area (Å²) in [5.41, 5.74) is 0. The Bertz CT molecular complexity index is 1210. The Morgan fingerprint density at radius 3 is 1.42 bits per heavy atom. The molecule has 0 rings (SSSR count). The summed E-state index contributed by atoms with van der Waals surface area (Å²) < 4.78 is 34.4. The molecule has 60 heavy (non-hydrogen) atoms. The van der Waals surface area contributed by atoms with Crippen LogP contribution in [0.25, 0.3) is 0 Å². The maximum absolute atomic E-state index is 12.7. The largest absolute Gasteiger partial charge is 0.472 e. The van der Waals surface area contributed by atoms with E-state index in [1.165, 1.54) is 89.9 Å². The minimum Gasteiger partial charge on any atom is -0.462 e. The normalized spacial score (nSPS) is 14.0. The maximum atomic E-state index is 12.7. The van der Waals surface area contributed by atoms with Crippen LogP contribution in [0.1, 0.15) is 194 Å². The van der Waals surface area contributed by atoms with Crippen LogP contribution in [-0.4, -0.2) is 74.9 Å². The lowest BCUT2D eigenvalue weighted by molar-refractivity contribution is -0.870. The fraction of sp³-hybridized carbons (Fsp3) is 0.760. The number of carbonyl (C=O) groups excluding carboxylic acids is 2. The van der Waals surface area contributed by atoms with Crippen molar-refractivity contribution >= 4 is 19.8 Å². The Labute approximate surface area is 368 Å². The fourth-order valence-electron chi connectivity index (χ4n) is 6.33. The molecule has 0 aromatic carbocycles. The van der Waals surface area contributed by atoms with Gasteiger partial charge in [-0.15, -0.1) is 0 Å². The van der Waals surface area contributed by atoms with Gasteiger partial charge in [-0.05, 0) is 57.8 Å². The minimum absolute atomic E-state index is 0.0249. The molecule has 0 amide bonds. The quantitative estimate of drug-likeness (QED) is 0.0212. The zero-order valence-electron chi connectivity index (χ0n) is 39.2. The third-order valence-corrected chi connectivity index (χ3v) is 11.0. The van der Waals surface area contributed by atoms with E-state index in [1.807, 2.05) is 21.1 Å². The van der Waals surface area contributed by atoms with Crippen molar-refractivity contribution in [3.05, 3.63) is 60.8 Å². The van der Waals surface area contributed by atoms with Gasteiger partial charge in [0.1, 0.15) is 19.8 Å². The number of phosphoric ester groups is 1. The number of rotatable bonds is 43. The zero-order chi connectivity index (χ0) is 44.3. The van der Waals surface area contributed by atoms with Crippen molar-refractivity contribution in [1.82, 2.24) is 0 Å². The van der Waals surface area contributed by atoms with E-state index in [4.69, 9.17) is 18.5 Å². The second kappa shape index (κ2) is 42.0. The average molecular weight is 865 g/mol. The number of nitrogens with zero attached hydrogens (tertiary/aromatic N) is 1. The molecule has 9 nitrogen and oxygen atoms in total. The number of carbonyl (C=O) groups is 2. The predicted molar refractivity (Wildman–Crippen MR) is 252 cm³/mol. The van der Waals surface area contributed by atoms with Gasteiger partial charge < -0.3 is 18.9 Å². The number of likely N-dealkylation sites (N-methyl/N-ethyl adjacent to an activating group) is 1. The SMILES string of the molecule is CC/C=C\C/C=C\C/C=C\C/C=C\C/C=C\CCCCCC(=O)OC[C@H](COP(=O)(O)OCC[N+](C)(C)C)OC(=O)CCCCCCCCCCCCCCCCCCC. The van der Waals surface area contributed by atoms with E-state index in [0.717, 1.165) is 64.2 Å². The molecule has 0 saturated carbocycles. The second-order valence-corrected chi connectivity index (χ2v) is 18.6. The van der Waals surface area contributed by atoms with Gasteiger partial charge in [0.05, 0.1) is 27.7 Å². The molecule has 10 heteroatoms. The molecule has 0 heterocycles. The van der Waals surface area contributed by atoms with Crippen LogP contribution in [0.15, 0.2) is 60.8 Å². The Balaban J connectivity index is 4.36. The molecular formula is C50H91NO8P+. The number of phosphoric acid groups is 1. The van der Waals surface area contributed by atoms with Gasteiger partial charge in [-0.3, -0.25) is 18.6 Å². The Morgan fingerprint density at radius 2 is 0.950 bits per heavy atom. The summed E-state index contributed by atoms with van der Waals surface area (Å²) in [6, 6.07) is 0. The molecule has 348 valence electrons. The van der Waals surface area contributed by atoms with E-state index in [-0.39, 0.29) is 26.1 Å². The second-order valence-electron chi connectivity index (χ2n) is 17.1. The lowest BCUT2D eigenvalue weighted by Crippen LogP contribution is -2.37. The highest BCUT2D eigenvalue weighted by molar-refractivity contribution is 7.47. The molecule has 0 radical (unpaired) electrons. The first-order valence-electron chi connectivity index (χ1n) is 24.0. The summed E-state index contributed by atoms with van der Waals surface area (Å²) in [5.74, 6) is -0.833. The molecule has 0 saturated heterocycles. The molecular weight excluding hydrogens is 774 g/mol. The van der Waals surface area contributed by atoms with Crippen molar-refractivity contribution in [3.8, 4) is 0 Å². The van der Waals surface area contributed by atoms with Gasteiger partial charge in [0.25, 0.3) is 0 Å². The Morgan fingerprint density at radius 1 is 0.533 bits per heavy atom. The first-order valence-corrected chi connectivity index (χ1v) is 25.5. The molecule has 1 unspecified atom stereocenters. The number of unbranched alkanes of at least 4 members (excludes halogenated alkanes) is 19. The van der Waals surface area contributed by atoms with Crippen molar-refractivity contribution in [2.75, 3.05) is 47.5 Å². The first kappa shape index (κ1) is 57.7. The third kappa shape index (κ3) is 45.2. The lowest BCUT2D eigenvalue weighted by Gasteiger charge is -2.24. The smallest absolute Gasteiger partial charge is 0.462 e. The Kier molecular flexibility index (Phi) is 40.4. The molecule has 0 aromatic heterocycles. The summed E-state index contributed by atoms with van der Waals surface area (Å²) >= 11 is 0. The van der Waals surface area contributed by atoms with Gasteiger partial charge in [0.15, 0.2) is 6.10 Å². The van der Waals surface area contributed by atoms with Gasteiger partial charge in [-0.2, -0.15) is 0 Å². The van der Waals surface area contributed by atoms with Crippen LogP contribution < -0.4 is 0 Å². The van der Waals surface area contributed by atoms with Crippen molar-refractivity contribution in [2.24, 2.45) is 0 Å². The summed E-state index contributed by atoms with van der Waals surface area (Å²) in [5, 5.41) is 0. The van der Waals surface area contributed by atoms with E-state index >= 15 is 0 Å². The number of quaternary nitrogens is 1. The molecule has 0 aromatic rings. The molecule has 0 spiro atoms. The minimum atomic E-state index is -4.39. The molecule has 1 N–H and O–H groups in total. The highest BCUT2D eigenvalue weighted by Crippen LogP contribution is 2.43. The van der Waals surface area contributed by atoms with E-state index in [9.17, 15) is 19.0 Å². The summed E-state index contributed by atoms with van der Waals surface area (Å²) in [6.07, 6.45) is 51.2. The van der Waals surface area contributed by atoms with Gasteiger partial charge in [0, 0.05) is 12.8 Å². The van der Waals surface area contributed by atoms with Crippen LogP contribution in [0.2, 0.25) is 0 Å². The standard InChI is InChI=1S/C50H90NO8P/c1-6-8-10-12-14-16-18-20-22-24-25-27-28-30-32-34-36-38-40-42-49(52)56-46-48(47-58-60(54,55)57-45-44-51(3,4)5)59-50(53)43-41-39-37-35-33-31-29-26-23-21-19-17-15-13-11-9-7-2/h8,10,14,16,20,22,25,27,30,32,48H,6-7,9,11-13,15,17-19,21,23-24,26,28-29,31,33-47H2,1-5H3/p+1/b10-8-,16-14-,22-20-,27-25-,32-30-/t48-/m1/s1. The number of esters is 2. The van der Waals surface area contributed by atoms with E-state index < -0.39 is 32.5 Å². The fourth-order valence-corrected chi connectivity index (χ4v) is 7.08. The number of hydrogen-bond acceptors (Lipinski definition) is 7. The van der Waals surface area contributed by atoms with E-state index in [0.29, 0.717) is 23.9 Å². The van der Waals surface area contributed by atoms with Crippen molar-refractivity contribution in [1.29, 1.82) is 0 Å². The lowest BCUT2D eigenvalue weighted by atomic mass is 10.0. The zero-order valence-corrected chi connectivity index (χ0v) is 40.1. The van der Waals surface area contributed by atoms with Crippen LogP contribution in [0.3, 0.4) is 0 Å². The van der Waals surface area contributed by atoms with Crippen LogP contribution >= 0.6 is 7.82 Å². The van der Waals surface area contributed by atoms with Gasteiger partial charge in [-0.1, -0.05) is 184 Å². The summed E-state index contributed by atoms with van der Waals surface area (Å²) in [7, 11) is 1.45. The first-order chi connectivity index (χ1) is 29.0. The van der Waals surface area contributed by atoms with E-state index in [1.54, 1.807) is 0 Å². The molecule has 2 atom stereocenters. The molecule has 0 aliphatic carbocycles. The highest BCUT2D eigenvalue weighted by atomic mass is 31.2. The molecule has 0 aliphatic heterocycles. The number of ether oxygens (including phenoxy) is 2. The van der Waals surface area contributed by atoms with E-state index in [2.05, 4.69) is 74.6 Å². The summed E-state index contributed by atoms with van der Waals surface area (Å²) in [4.78, 5) is 35.5. The predicted octanol–water partition coefficient (Wildman–Crippen LogP) is 14.0. The molecule has 0 aliphatic rings. The maximum Gasteiger partial charge on any atom is 0.472 e. The van der Waals surface area contributed by atoms with Crippen LogP contribution in [0.5, 0.6) is 0 Å². The monoisotopic (exact) mass is 865 g/mol. The van der Waals surface area contributed by atoms with Crippen LogP contribution in [-0.2, 0) is 32.7 Å². The van der Waals surface area contributed by atoms with Crippen LogP contribution in [0.4, 0.5) is 0 Å². The highest BCUT2D eigenvalue weighted by Gasteiger charge is 2.27. The van der Waals surface area contributed by atoms with Crippen molar-refractivity contribution < 1.29 is 42.1 Å². The average Bonchev–Trinajstić information content (AvgIpc) is 3.20. The van der Waals surface area contributed by atoms with Gasteiger partial charge >= 0.3 is 19.8 Å². The third-order valence-electron chi connectivity index (χ3n) is 10.1. The van der Waals surface area contributed by atoms with Gasteiger partial charge in [0.2, 0.25) is 0 Å². The Hall–Kier alpha value is -2.29.